The van der Waals surface area contributed by atoms with Crippen LogP contribution in [0.1, 0.15) is 72.5 Å². The lowest BCUT2D eigenvalue weighted by molar-refractivity contribution is -0.134. The van der Waals surface area contributed by atoms with Crippen molar-refractivity contribution in [2.45, 2.75) is 70.6 Å². The zero-order chi connectivity index (χ0) is 24.3. The van der Waals surface area contributed by atoms with Crippen molar-refractivity contribution in [2.75, 3.05) is 13.7 Å². The van der Waals surface area contributed by atoms with E-state index in [4.69, 9.17) is 9.47 Å². The Morgan fingerprint density at radius 2 is 1.88 bits per heavy atom. The molecule has 1 aliphatic heterocycles. The van der Waals surface area contributed by atoms with Gasteiger partial charge in [0.1, 0.15) is 17.0 Å². The van der Waals surface area contributed by atoms with Gasteiger partial charge in [0, 0.05) is 18.7 Å². The minimum atomic E-state index is -1.18. The molecule has 9 heteroatoms. The lowest BCUT2D eigenvalue weighted by Crippen LogP contribution is -2.64. The van der Waals surface area contributed by atoms with Crippen molar-refractivity contribution in [2.24, 2.45) is 0 Å². The SMILES string of the molecule is CCOC(=O)c1cc2n(n1)C[C@@](C)(C(=O)NC1CCCCC1)N(Cc1ccc(OC)cc1)C2=O. The van der Waals surface area contributed by atoms with E-state index in [9.17, 15) is 14.4 Å². The maximum atomic E-state index is 13.7. The van der Waals surface area contributed by atoms with E-state index in [2.05, 4.69) is 10.4 Å². The first-order valence-corrected chi connectivity index (χ1v) is 11.9. The summed E-state index contributed by atoms with van der Waals surface area (Å²) in [6, 6.07) is 8.95. The first-order chi connectivity index (χ1) is 16.4. The molecule has 0 unspecified atom stereocenters. The number of amides is 2. The monoisotopic (exact) mass is 468 g/mol. The summed E-state index contributed by atoms with van der Waals surface area (Å²) < 4.78 is 11.7. The number of rotatable bonds is 7. The average Bonchev–Trinajstić information content (AvgIpc) is 3.27. The Hall–Kier alpha value is -3.36. The van der Waals surface area contributed by atoms with Gasteiger partial charge < -0.3 is 19.7 Å². The molecule has 1 aromatic heterocycles. The molecule has 1 N–H and O–H groups in total. The smallest absolute Gasteiger partial charge is 0.358 e. The number of aromatic nitrogens is 2. The number of hydrogen-bond acceptors (Lipinski definition) is 6. The molecule has 1 atom stereocenters. The fourth-order valence-corrected chi connectivity index (χ4v) is 4.70. The van der Waals surface area contributed by atoms with Crippen LogP contribution in [0.4, 0.5) is 0 Å². The number of fused-ring (bicyclic) bond motifs is 1. The molecule has 2 aliphatic rings. The summed E-state index contributed by atoms with van der Waals surface area (Å²) in [6.07, 6.45) is 5.23. The molecule has 1 aliphatic carbocycles. The molecular weight excluding hydrogens is 436 g/mol. The van der Waals surface area contributed by atoms with E-state index >= 15 is 0 Å². The number of methoxy groups -OCH3 is 1. The van der Waals surface area contributed by atoms with Crippen LogP contribution in [0.5, 0.6) is 5.75 Å². The molecule has 1 fully saturated rings. The van der Waals surface area contributed by atoms with Crippen LogP contribution in [0.25, 0.3) is 0 Å². The molecule has 9 nitrogen and oxygen atoms in total. The highest BCUT2D eigenvalue weighted by Gasteiger charge is 2.48. The first-order valence-electron chi connectivity index (χ1n) is 11.9. The lowest BCUT2D eigenvalue weighted by atomic mass is 9.91. The molecule has 2 amide bonds. The fraction of sp³-hybridized carbons (Fsp3) is 0.520. The van der Waals surface area contributed by atoms with Crippen molar-refractivity contribution in [1.29, 1.82) is 0 Å². The van der Waals surface area contributed by atoms with Crippen molar-refractivity contribution in [3.8, 4) is 5.75 Å². The number of ether oxygens (including phenoxy) is 2. The molecule has 34 heavy (non-hydrogen) atoms. The van der Waals surface area contributed by atoms with Crippen LogP contribution in [0.2, 0.25) is 0 Å². The second-order valence-corrected chi connectivity index (χ2v) is 9.11. The van der Waals surface area contributed by atoms with E-state index in [1.165, 1.54) is 17.2 Å². The number of hydrogen-bond donors (Lipinski definition) is 1. The quantitative estimate of drug-likeness (QED) is 0.627. The van der Waals surface area contributed by atoms with Crippen LogP contribution >= 0.6 is 0 Å². The van der Waals surface area contributed by atoms with Crippen molar-refractivity contribution in [1.82, 2.24) is 20.0 Å². The molecule has 0 saturated heterocycles. The van der Waals surface area contributed by atoms with Gasteiger partial charge in [0.05, 0.1) is 20.3 Å². The highest BCUT2D eigenvalue weighted by atomic mass is 16.5. The number of esters is 1. The fourth-order valence-electron chi connectivity index (χ4n) is 4.70. The topological polar surface area (TPSA) is 103 Å². The summed E-state index contributed by atoms with van der Waals surface area (Å²) in [7, 11) is 1.60. The predicted molar refractivity (Wildman–Crippen MR) is 124 cm³/mol. The van der Waals surface area contributed by atoms with Gasteiger partial charge >= 0.3 is 5.97 Å². The van der Waals surface area contributed by atoms with E-state index in [1.54, 1.807) is 25.9 Å². The molecule has 0 radical (unpaired) electrons. The molecule has 0 spiro atoms. The zero-order valence-corrected chi connectivity index (χ0v) is 20.0. The Morgan fingerprint density at radius 3 is 2.53 bits per heavy atom. The highest BCUT2D eigenvalue weighted by Crippen LogP contribution is 2.31. The van der Waals surface area contributed by atoms with E-state index in [0.717, 1.165) is 31.2 Å². The third-order valence-electron chi connectivity index (χ3n) is 6.71. The summed E-state index contributed by atoms with van der Waals surface area (Å²) in [5.41, 5.74) is 0.00910. The Morgan fingerprint density at radius 1 is 1.18 bits per heavy atom. The van der Waals surface area contributed by atoms with Crippen molar-refractivity contribution in [3.63, 3.8) is 0 Å². The number of carbonyl (C=O) groups excluding carboxylic acids is 3. The molecule has 2 heterocycles. The summed E-state index contributed by atoms with van der Waals surface area (Å²) >= 11 is 0. The normalized spacial score (nSPS) is 20.6. The molecule has 182 valence electrons. The van der Waals surface area contributed by atoms with Gasteiger partial charge in [-0.25, -0.2) is 4.79 Å². The Balaban J connectivity index is 1.67. The lowest BCUT2D eigenvalue weighted by Gasteiger charge is -2.44. The van der Waals surface area contributed by atoms with E-state index in [-0.39, 0.29) is 48.9 Å². The Kier molecular flexibility index (Phi) is 6.90. The maximum Gasteiger partial charge on any atom is 0.358 e. The van der Waals surface area contributed by atoms with Crippen LogP contribution in [-0.2, 0) is 22.6 Å². The third-order valence-corrected chi connectivity index (χ3v) is 6.71. The van der Waals surface area contributed by atoms with Gasteiger partial charge in [0.2, 0.25) is 5.91 Å². The zero-order valence-electron chi connectivity index (χ0n) is 20.0. The number of carbonyl (C=O) groups is 3. The first kappa shape index (κ1) is 23.8. The van der Waals surface area contributed by atoms with Crippen LogP contribution in [-0.4, -0.2) is 57.8 Å². The Bertz CT molecular complexity index is 1060. The van der Waals surface area contributed by atoms with Gasteiger partial charge in [0.25, 0.3) is 5.91 Å². The molecule has 2 aromatic rings. The molecule has 0 bridgehead atoms. The van der Waals surface area contributed by atoms with Gasteiger partial charge in [-0.05, 0) is 44.4 Å². The van der Waals surface area contributed by atoms with Crippen LogP contribution in [0, 0.1) is 0 Å². The maximum absolute atomic E-state index is 13.7. The van der Waals surface area contributed by atoms with E-state index < -0.39 is 11.5 Å². The van der Waals surface area contributed by atoms with Crippen molar-refractivity contribution >= 4 is 17.8 Å². The number of benzene rings is 1. The molecule has 1 saturated carbocycles. The van der Waals surface area contributed by atoms with Gasteiger partial charge in [0.15, 0.2) is 5.69 Å². The molecule has 4 rings (SSSR count). The standard InChI is InChI=1S/C25H32N4O5/c1-4-34-23(31)20-14-21-22(30)28(15-17-10-12-19(33-3)13-11-17)25(2,16-29(21)27-20)24(32)26-18-8-6-5-7-9-18/h10-14,18H,4-9,15-16H2,1-3H3,(H,26,32)/t25-/m0/s1. The highest BCUT2D eigenvalue weighted by molar-refractivity contribution is 6.01. The van der Waals surface area contributed by atoms with Gasteiger partial charge in [-0.1, -0.05) is 31.4 Å². The van der Waals surface area contributed by atoms with Gasteiger partial charge in [-0.3, -0.25) is 14.3 Å². The second kappa shape index (κ2) is 9.87. The summed E-state index contributed by atoms with van der Waals surface area (Å²) in [4.78, 5) is 41.1. The molecule has 1 aromatic carbocycles. The minimum absolute atomic E-state index is 0.0616. The van der Waals surface area contributed by atoms with Crippen molar-refractivity contribution in [3.05, 3.63) is 47.3 Å². The van der Waals surface area contributed by atoms with Crippen LogP contribution in [0.3, 0.4) is 0 Å². The third kappa shape index (κ3) is 4.64. The number of nitrogens with one attached hydrogen (secondary N) is 1. The summed E-state index contributed by atoms with van der Waals surface area (Å²) in [6.45, 7) is 4.06. The average molecular weight is 469 g/mol. The van der Waals surface area contributed by atoms with Gasteiger partial charge in [-0.2, -0.15) is 5.10 Å². The largest absolute Gasteiger partial charge is 0.497 e. The van der Waals surface area contributed by atoms with Crippen LogP contribution < -0.4 is 10.1 Å². The summed E-state index contributed by atoms with van der Waals surface area (Å²) in [5, 5.41) is 7.49. The Labute approximate surface area is 199 Å². The van der Waals surface area contributed by atoms with Crippen LogP contribution in [0.15, 0.2) is 30.3 Å². The molecular formula is C25H32N4O5. The minimum Gasteiger partial charge on any atom is -0.497 e. The van der Waals surface area contributed by atoms with E-state index in [0.29, 0.717) is 5.75 Å². The van der Waals surface area contributed by atoms with E-state index in [1.807, 2.05) is 24.3 Å². The number of nitrogens with zero attached hydrogens (tertiary/aromatic N) is 3. The van der Waals surface area contributed by atoms with Gasteiger partial charge in [-0.15, -0.1) is 0 Å². The predicted octanol–water partition coefficient (Wildman–Crippen LogP) is 2.93. The summed E-state index contributed by atoms with van der Waals surface area (Å²) in [5.74, 6) is -0.442. The second-order valence-electron chi connectivity index (χ2n) is 9.11. The van der Waals surface area contributed by atoms with Crippen molar-refractivity contribution < 1.29 is 23.9 Å².